The summed E-state index contributed by atoms with van der Waals surface area (Å²) in [4.78, 5) is 24.8. The fraction of sp³-hybridized carbons (Fsp3) is 0.462. The zero-order valence-corrected chi connectivity index (χ0v) is 11.3. The number of amides is 1. The molecular formula is C13H18N4O3. The Bertz CT molecular complexity index is 528. The Labute approximate surface area is 116 Å². The lowest BCUT2D eigenvalue weighted by molar-refractivity contribution is -0.385. The molecule has 0 aliphatic heterocycles. The van der Waals surface area contributed by atoms with Gasteiger partial charge in [-0.3, -0.25) is 20.8 Å². The van der Waals surface area contributed by atoms with Crippen LogP contribution in [0.1, 0.15) is 36.5 Å². The SMILES string of the molecule is CCCN(C(=O)c1cc(NN)ccc1[N+](=O)[O-])C1CC1. The van der Waals surface area contributed by atoms with Gasteiger partial charge in [0, 0.05) is 24.3 Å². The van der Waals surface area contributed by atoms with Crippen molar-refractivity contribution in [3.05, 3.63) is 33.9 Å². The molecule has 1 aliphatic carbocycles. The second-order valence-electron chi connectivity index (χ2n) is 4.86. The quantitative estimate of drug-likeness (QED) is 0.470. The number of carbonyl (C=O) groups is 1. The highest BCUT2D eigenvalue weighted by molar-refractivity contribution is 5.99. The number of rotatable bonds is 6. The van der Waals surface area contributed by atoms with Crippen LogP contribution < -0.4 is 11.3 Å². The number of nitro benzene ring substituents is 1. The first-order valence-corrected chi connectivity index (χ1v) is 6.64. The number of hydrazine groups is 1. The number of nitrogens with two attached hydrogens (primary N) is 1. The fourth-order valence-corrected chi connectivity index (χ4v) is 2.19. The molecule has 3 N–H and O–H groups in total. The molecule has 108 valence electrons. The van der Waals surface area contributed by atoms with Gasteiger partial charge in [0.25, 0.3) is 11.6 Å². The molecule has 0 heterocycles. The standard InChI is InChI=1S/C13H18N4O3/c1-2-7-16(10-4-5-10)13(18)11-8-9(15-14)3-6-12(11)17(19)20/h3,6,8,10,15H,2,4-5,7,14H2,1H3. The number of carbonyl (C=O) groups excluding carboxylic acids is 1. The molecule has 0 unspecified atom stereocenters. The summed E-state index contributed by atoms with van der Waals surface area (Å²) in [5.41, 5.74) is 2.79. The van der Waals surface area contributed by atoms with Crippen molar-refractivity contribution in [1.82, 2.24) is 4.90 Å². The van der Waals surface area contributed by atoms with Crippen LogP contribution in [-0.4, -0.2) is 28.3 Å². The number of nitrogens with one attached hydrogen (secondary N) is 1. The first-order chi connectivity index (χ1) is 9.58. The normalized spacial score (nSPS) is 13.9. The predicted octanol–water partition coefficient (Wildman–Crippen LogP) is 1.89. The van der Waals surface area contributed by atoms with Crippen LogP contribution in [0.5, 0.6) is 0 Å². The second-order valence-corrected chi connectivity index (χ2v) is 4.86. The summed E-state index contributed by atoms with van der Waals surface area (Å²) in [6.45, 7) is 2.59. The number of nitrogens with zero attached hydrogens (tertiary/aromatic N) is 2. The number of anilines is 1. The highest BCUT2D eigenvalue weighted by atomic mass is 16.6. The Kier molecular flexibility index (Phi) is 4.19. The summed E-state index contributed by atoms with van der Waals surface area (Å²) in [7, 11) is 0. The van der Waals surface area contributed by atoms with Crippen LogP contribution >= 0.6 is 0 Å². The summed E-state index contributed by atoms with van der Waals surface area (Å²) in [6.07, 6.45) is 2.76. The third kappa shape index (κ3) is 2.88. The lowest BCUT2D eigenvalue weighted by Crippen LogP contribution is -2.34. The van der Waals surface area contributed by atoms with Gasteiger partial charge < -0.3 is 10.3 Å². The van der Waals surface area contributed by atoms with E-state index in [0.29, 0.717) is 12.2 Å². The second kappa shape index (κ2) is 5.87. The van der Waals surface area contributed by atoms with Crippen LogP contribution in [0.15, 0.2) is 18.2 Å². The molecule has 0 radical (unpaired) electrons. The average Bonchev–Trinajstić information content (AvgIpc) is 3.27. The van der Waals surface area contributed by atoms with Crippen LogP contribution in [0.2, 0.25) is 0 Å². The molecule has 1 aromatic rings. The zero-order chi connectivity index (χ0) is 14.7. The fourth-order valence-electron chi connectivity index (χ4n) is 2.19. The largest absolute Gasteiger partial charge is 0.335 e. The molecule has 1 aromatic carbocycles. The third-order valence-electron chi connectivity index (χ3n) is 3.30. The summed E-state index contributed by atoms with van der Waals surface area (Å²) in [5.74, 6) is 5.01. The van der Waals surface area contributed by atoms with Gasteiger partial charge in [-0.15, -0.1) is 0 Å². The van der Waals surface area contributed by atoms with Gasteiger partial charge in [-0.2, -0.15) is 0 Å². The van der Waals surface area contributed by atoms with Crippen molar-refractivity contribution in [2.45, 2.75) is 32.2 Å². The Hall–Kier alpha value is -2.15. The van der Waals surface area contributed by atoms with E-state index in [9.17, 15) is 14.9 Å². The molecule has 1 amide bonds. The minimum absolute atomic E-state index is 0.0887. The van der Waals surface area contributed by atoms with Crippen molar-refractivity contribution in [3.63, 3.8) is 0 Å². The molecule has 0 spiro atoms. The minimum Gasteiger partial charge on any atom is -0.335 e. The molecule has 1 aliphatic rings. The molecule has 2 rings (SSSR count). The number of hydrogen-bond donors (Lipinski definition) is 2. The summed E-state index contributed by atoms with van der Waals surface area (Å²) >= 11 is 0. The number of hydrogen-bond acceptors (Lipinski definition) is 5. The summed E-state index contributed by atoms with van der Waals surface area (Å²) in [6, 6.07) is 4.44. The van der Waals surface area contributed by atoms with Crippen molar-refractivity contribution in [3.8, 4) is 0 Å². The average molecular weight is 278 g/mol. The summed E-state index contributed by atoms with van der Waals surface area (Å²) < 4.78 is 0. The molecule has 20 heavy (non-hydrogen) atoms. The van der Waals surface area contributed by atoms with Crippen LogP contribution in [-0.2, 0) is 0 Å². The smallest absolute Gasteiger partial charge is 0.282 e. The van der Waals surface area contributed by atoms with E-state index >= 15 is 0 Å². The van der Waals surface area contributed by atoms with E-state index in [0.717, 1.165) is 19.3 Å². The molecule has 0 aromatic heterocycles. The van der Waals surface area contributed by atoms with Gasteiger partial charge in [0.15, 0.2) is 0 Å². The minimum atomic E-state index is -0.537. The first kappa shape index (κ1) is 14.3. The highest BCUT2D eigenvalue weighted by Crippen LogP contribution is 2.31. The first-order valence-electron chi connectivity index (χ1n) is 6.64. The van der Waals surface area contributed by atoms with Gasteiger partial charge in [-0.05, 0) is 31.4 Å². The molecule has 0 bridgehead atoms. The van der Waals surface area contributed by atoms with Crippen LogP contribution in [0.4, 0.5) is 11.4 Å². The third-order valence-corrected chi connectivity index (χ3v) is 3.30. The predicted molar refractivity (Wildman–Crippen MR) is 75.3 cm³/mol. The van der Waals surface area contributed by atoms with Crippen molar-refractivity contribution >= 4 is 17.3 Å². The molecule has 1 fully saturated rings. The monoisotopic (exact) mass is 278 g/mol. The number of nitrogen functional groups attached to an aromatic ring is 1. The Morgan fingerprint density at radius 3 is 2.75 bits per heavy atom. The van der Waals surface area contributed by atoms with E-state index in [2.05, 4.69) is 5.43 Å². The summed E-state index contributed by atoms with van der Waals surface area (Å²) in [5, 5.41) is 11.1. The van der Waals surface area contributed by atoms with Crippen molar-refractivity contribution in [1.29, 1.82) is 0 Å². The Balaban J connectivity index is 2.37. The van der Waals surface area contributed by atoms with Gasteiger partial charge in [-0.1, -0.05) is 6.92 Å². The number of nitro groups is 1. The molecule has 0 atom stereocenters. The van der Waals surface area contributed by atoms with Crippen molar-refractivity contribution in [2.24, 2.45) is 5.84 Å². The lowest BCUT2D eigenvalue weighted by Gasteiger charge is -2.21. The molecule has 0 saturated heterocycles. The van der Waals surface area contributed by atoms with E-state index in [-0.39, 0.29) is 23.2 Å². The maximum Gasteiger partial charge on any atom is 0.282 e. The van der Waals surface area contributed by atoms with Crippen molar-refractivity contribution < 1.29 is 9.72 Å². The maximum absolute atomic E-state index is 12.6. The van der Waals surface area contributed by atoms with Crippen LogP contribution in [0, 0.1) is 10.1 Å². The topological polar surface area (TPSA) is 102 Å². The van der Waals surface area contributed by atoms with Gasteiger partial charge in [0.05, 0.1) is 4.92 Å². The van der Waals surface area contributed by atoms with Gasteiger partial charge in [-0.25, -0.2) is 0 Å². The van der Waals surface area contributed by atoms with E-state index < -0.39 is 4.92 Å². The van der Waals surface area contributed by atoms with Crippen molar-refractivity contribution in [2.75, 3.05) is 12.0 Å². The van der Waals surface area contributed by atoms with Gasteiger partial charge in [0.2, 0.25) is 0 Å². The highest BCUT2D eigenvalue weighted by Gasteiger charge is 2.35. The molecular weight excluding hydrogens is 260 g/mol. The van der Waals surface area contributed by atoms with E-state index in [1.54, 1.807) is 4.90 Å². The lowest BCUT2D eigenvalue weighted by atomic mass is 10.1. The van der Waals surface area contributed by atoms with E-state index in [1.165, 1.54) is 18.2 Å². The van der Waals surface area contributed by atoms with E-state index in [4.69, 9.17) is 5.84 Å². The Morgan fingerprint density at radius 2 is 2.25 bits per heavy atom. The zero-order valence-electron chi connectivity index (χ0n) is 11.3. The number of benzene rings is 1. The van der Waals surface area contributed by atoms with E-state index in [1.807, 2.05) is 6.92 Å². The molecule has 1 saturated carbocycles. The maximum atomic E-state index is 12.6. The Morgan fingerprint density at radius 1 is 1.55 bits per heavy atom. The van der Waals surface area contributed by atoms with Crippen LogP contribution in [0.25, 0.3) is 0 Å². The molecule has 7 heteroatoms. The van der Waals surface area contributed by atoms with Gasteiger partial charge in [0.1, 0.15) is 5.56 Å². The van der Waals surface area contributed by atoms with Gasteiger partial charge >= 0.3 is 0 Å². The van der Waals surface area contributed by atoms with Crippen LogP contribution in [0.3, 0.4) is 0 Å². The molecule has 7 nitrogen and oxygen atoms in total.